The number of methoxy groups -OCH3 is 1. The van der Waals surface area contributed by atoms with Gasteiger partial charge in [0, 0.05) is 23.8 Å². The lowest BCUT2D eigenvalue weighted by molar-refractivity contribution is -0.384. The van der Waals surface area contributed by atoms with Crippen molar-refractivity contribution in [2.75, 3.05) is 20.3 Å². The molecule has 2 aromatic carbocycles. The Labute approximate surface area is 203 Å². The molecule has 0 unspecified atom stereocenters. The average Bonchev–Trinajstić information content (AvgIpc) is 3.39. The van der Waals surface area contributed by atoms with Crippen molar-refractivity contribution >= 4 is 46.3 Å². The van der Waals surface area contributed by atoms with Crippen LogP contribution in [0.1, 0.15) is 5.76 Å². The van der Waals surface area contributed by atoms with Gasteiger partial charge >= 0.3 is 0 Å². The normalized spacial score (nSPS) is 14.6. The minimum absolute atomic E-state index is 0.0623. The molecule has 2 amide bonds. The molecule has 1 fully saturated rings. The first-order chi connectivity index (χ1) is 16.4. The highest BCUT2D eigenvalue weighted by molar-refractivity contribution is 8.18. The second kappa shape index (κ2) is 10.0. The van der Waals surface area contributed by atoms with Gasteiger partial charge in [-0.25, -0.2) is 0 Å². The Morgan fingerprint density at radius 1 is 1.15 bits per heavy atom. The third-order valence-electron chi connectivity index (χ3n) is 4.84. The van der Waals surface area contributed by atoms with E-state index < -0.39 is 16.1 Å². The largest absolute Gasteiger partial charge is 0.493 e. The Kier molecular flexibility index (Phi) is 6.90. The molecule has 3 aromatic rings. The number of rotatable bonds is 8. The Morgan fingerprint density at radius 3 is 2.65 bits per heavy atom. The number of nitro groups is 1. The SMILES string of the molecule is COc1ccccc1OCCN1C(=O)S/C(=C\c2ccc(-c3cc([N+](=O)[O-])ccc3Cl)o2)C1=O. The predicted octanol–water partition coefficient (Wildman–Crippen LogP) is 5.63. The van der Waals surface area contributed by atoms with Gasteiger partial charge in [0.25, 0.3) is 16.8 Å². The van der Waals surface area contributed by atoms with Gasteiger partial charge in [0.2, 0.25) is 0 Å². The molecular formula is C23H17ClN2O7S. The number of non-ortho nitro benzene ring substituents is 1. The number of benzene rings is 2. The van der Waals surface area contributed by atoms with Crippen LogP contribution in [0.3, 0.4) is 0 Å². The lowest BCUT2D eigenvalue weighted by Gasteiger charge is -2.14. The fourth-order valence-corrected chi connectivity index (χ4v) is 4.25. The number of ether oxygens (including phenoxy) is 2. The summed E-state index contributed by atoms with van der Waals surface area (Å²) in [7, 11) is 1.52. The highest BCUT2D eigenvalue weighted by Gasteiger charge is 2.35. The highest BCUT2D eigenvalue weighted by atomic mass is 35.5. The number of halogens is 1. The summed E-state index contributed by atoms with van der Waals surface area (Å²) in [6.07, 6.45) is 1.45. The molecule has 0 radical (unpaired) electrons. The quantitative estimate of drug-likeness (QED) is 0.222. The zero-order valence-corrected chi connectivity index (χ0v) is 19.3. The molecule has 1 aromatic heterocycles. The van der Waals surface area contributed by atoms with E-state index in [1.54, 1.807) is 36.4 Å². The molecule has 0 aliphatic carbocycles. The number of furan rings is 1. The van der Waals surface area contributed by atoms with Crippen LogP contribution in [0, 0.1) is 10.1 Å². The molecule has 1 aliphatic rings. The topological polar surface area (TPSA) is 112 Å². The molecule has 174 valence electrons. The van der Waals surface area contributed by atoms with Crippen molar-refractivity contribution < 1.29 is 28.4 Å². The molecule has 1 saturated heterocycles. The maximum atomic E-state index is 12.7. The number of carbonyl (C=O) groups excluding carboxylic acids is 2. The average molecular weight is 501 g/mol. The van der Waals surface area contributed by atoms with E-state index in [4.69, 9.17) is 25.5 Å². The second-order valence-corrected chi connectivity index (χ2v) is 8.36. The van der Waals surface area contributed by atoms with Crippen molar-refractivity contribution in [2.24, 2.45) is 0 Å². The van der Waals surface area contributed by atoms with Crippen LogP contribution >= 0.6 is 23.4 Å². The Hall–Kier alpha value is -3.76. The van der Waals surface area contributed by atoms with Gasteiger partial charge in [-0.05, 0) is 42.1 Å². The number of hydrogen-bond acceptors (Lipinski definition) is 8. The lowest BCUT2D eigenvalue weighted by atomic mass is 10.1. The number of hydrogen-bond donors (Lipinski definition) is 0. The van der Waals surface area contributed by atoms with Crippen LogP contribution in [0.2, 0.25) is 5.02 Å². The number of thioether (sulfide) groups is 1. The minimum Gasteiger partial charge on any atom is -0.493 e. The third-order valence-corrected chi connectivity index (χ3v) is 6.08. The molecule has 34 heavy (non-hydrogen) atoms. The number of nitro benzene ring substituents is 1. The molecule has 0 bridgehead atoms. The van der Waals surface area contributed by atoms with E-state index in [0.717, 1.165) is 16.7 Å². The summed E-state index contributed by atoms with van der Waals surface area (Å²) >= 11 is 6.95. The molecule has 0 atom stereocenters. The zero-order valence-electron chi connectivity index (χ0n) is 17.7. The van der Waals surface area contributed by atoms with Crippen LogP contribution in [-0.2, 0) is 4.79 Å². The van der Waals surface area contributed by atoms with Gasteiger partial charge in [-0.15, -0.1) is 0 Å². The number of imide groups is 1. The first kappa shape index (κ1) is 23.4. The number of para-hydroxylation sites is 2. The zero-order chi connectivity index (χ0) is 24.2. The molecule has 2 heterocycles. The van der Waals surface area contributed by atoms with Crippen molar-refractivity contribution in [1.82, 2.24) is 4.90 Å². The van der Waals surface area contributed by atoms with Crippen LogP contribution in [-0.4, -0.2) is 41.2 Å². The molecule has 0 spiro atoms. The fraction of sp³-hybridized carbons (Fsp3) is 0.130. The van der Waals surface area contributed by atoms with Crippen molar-refractivity contribution in [3.63, 3.8) is 0 Å². The van der Waals surface area contributed by atoms with Crippen LogP contribution in [0.4, 0.5) is 10.5 Å². The summed E-state index contributed by atoms with van der Waals surface area (Å²) in [5, 5.41) is 10.9. The minimum atomic E-state index is -0.530. The van der Waals surface area contributed by atoms with Gasteiger partial charge < -0.3 is 13.9 Å². The Bertz CT molecular complexity index is 1300. The second-order valence-electron chi connectivity index (χ2n) is 6.96. The summed E-state index contributed by atoms with van der Waals surface area (Å²) in [5.41, 5.74) is 0.214. The van der Waals surface area contributed by atoms with E-state index >= 15 is 0 Å². The van der Waals surface area contributed by atoms with Crippen LogP contribution in [0.25, 0.3) is 17.4 Å². The molecule has 11 heteroatoms. The van der Waals surface area contributed by atoms with E-state index in [2.05, 4.69) is 0 Å². The summed E-state index contributed by atoms with van der Waals surface area (Å²) in [4.78, 5) is 36.9. The van der Waals surface area contributed by atoms with Gasteiger partial charge in [0.15, 0.2) is 11.5 Å². The van der Waals surface area contributed by atoms with Crippen molar-refractivity contribution in [3.05, 3.63) is 80.4 Å². The molecule has 0 saturated carbocycles. The first-order valence-corrected chi connectivity index (χ1v) is 11.1. The van der Waals surface area contributed by atoms with E-state index in [1.807, 2.05) is 0 Å². The molecule has 4 rings (SSSR count). The summed E-state index contributed by atoms with van der Waals surface area (Å²) in [6, 6.07) is 14.3. The van der Waals surface area contributed by atoms with Crippen molar-refractivity contribution in [1.29, 1.82) is 0 Å². The molecular weight excluding hydrogens is 484 g/mol. The first-order valence-electron chi connectivity index (χ1n) is 9.92. The Morgan fingerprint density at radius 2 is 1.91 bits per heavy atom. The number of nitrogens with zero attached hydrogens (tertiary/aromatic N) is 2. The van der Waals surface area contributed by atoms with E-state index in [1.165, 1.54) is 31.4 Å². The molecule has 0 N–H and O–H groups in total. The molecule has 9 nitrogen and oxygen atoms in total. The van der Waals surface area contributed by atoms with Gasteiger partial charge in [-0.1, -0.05) is 23.7 Å². The maximum absolute atomic E-state index is 12.7. The van der Waals surface area contributed by atoms with Crippen LogP contribution in [0.5, 0.6) is 11.5 Å². The van der Waals surface area contributed by atoms with Gasteiger partial charge in [0.05, 0.1) is 28.5 Å². The van der Waals surface area contributed by atoms with E-state index in [-0.39, 0.29) is 28.8 Å². The molecule has 1 aliphatic heterocycles. The van der Waals surface area contributed by atoms with Gasteiger partial charge in [-0.2, -0.15) is 0 Å². The summed E-state index contributed by atoms with van der Waals surface area (Å²) in [5.74, 6) is 1.19. The van der Waals surface area contributed by atoms with Crippen LogP contribution < -0.4 is 9.47 Å². The standard InChI is InChI=1S/C23H17ClN2O7S/c1-31-19-4-2-3-5-20(19)32-11-10-25-22(27)21(34-23(25)28)13-15-7-9-18(33-15)16-12-14(26(29)30)6-8-17(16)24/h2-9,12-13H,10-11H2,1H3/b21-13-. The smallest absolute Gasteiger partial charge is 0.293 e. The predicted molar refractivity (Wildman–Crippen MR) is 127 cm³/mol. The number of amides is 2. The summed E-state index contributed by atoms with van der Waals surface area (Å²) < 4.78 is 16.6. The highest BCUT2D eigenvalue weighted by Crippen LogP contribution is 2.36. The van der Waals surface area contributed by atoms with E-state index in [0.29, 0.717) is 28.6 Å². The monoisotopic (exact) mass is 500 g/mol. The van der Waals surface area contributed by atoms with Crippen molar-refractivity contribution in [2.45, 2.75) is 0 Å². The van der Waals surface area contributed by atoms with Crippen LogP contribution in [0.15, 0.2) is 63.9 Å². The lowest BCUT2D eigenvalue weighted by Crippen LogP contribution is -2.32. The van der Waals surface area contributed by atoms with Gasteiger partial charge in [-0.3, -0.25) is 24.6 Å². The van der Waals surface area contributed by atoms with Gasteiger partial charge in [0.1, 0.15) is 18.1 Å². The third kappa shape index (κ3) is 4.92. The fourth-order valence-electron chi connectivity index (χ4n) is 3.20. The maximum Gasteiger partial charge on any atom is 0.293 e. The van der Waals surface area contributed by atoms with Crippen molar-refractivity contribution in [3.8, 4) is 22.8 Å². The Balaban J connectivity index is 1.45. The summed E-state index contributed by atoms with van der Waals surface area (Å²) in [6.45, 7) is 0.161. The number of carbonyl (C=O) groups is 2. The van der Waals surface area contributed by atoms with E-state index in [9.17, 15) is 19.7 Å².